The van der Waals surface area contributed by atoms with Gasteiger partial charge in [0.1, 0.15) is 5.82 Å². The van der Waals surface area contributed by atoms with Gasteiger partial charge in [0.25, 0.3) is 5.56 Å². The highest BCUT2D eigenvalue weighted by molar-refractivity contribution is 5.79. The van der Waals surface area contributed by atoms with Gasteiger partial charge in [0.2, 0.25) is 5.91 Å². The summed E-state index contributed by atoms with van der Waals surface area (Å²) in [5, 5.41) is 0.577. The lowest BCUT2D eigenvalue weighted by Crippen LogP contribution is -2.39. The van der Waals surface area contributed by atoms with Crippen molar-refractivity contribution in [3.63, 3.8) is 0 Å². The molecule has 170 valence electrons. The van der Waals surface area contributed by atoms with E-state index in [9.17, 15) is 9.59 Å². The molecule has 1 unspecified atom stereocenters. The number of nitrogens with zero attached hydrogens (tertiary/aromatic N) is 3. The van der Waals surface area contributed by atoms with Gasteiger partial charge in [-0.3, -0.25) is 14.2 Å². The molecule has 0 N–H and O–H groups in total. The number of aromatic nitrogens is 2. The zero-order chi connectivity index (χ0) is 23.6. The van der Waals surface area contributed by atoms with Gasteiger partial charge < -0.3 is 4.90 Å². The van der Waals surface area contributed by atoms with Crippen molar-refractivity contribution in [1.29, 1.82) is 0 Å². The molecule has 0 bridgehead atoms. The first-order valence-electron chi connectivity index (χ1n) is 11.5. The average Bonchev–Trinajstić information content (AvgIpc) is 2.72. The van der Waals surface area contributed by atoms with Crippen molar-refractivity contribution in [1.82, 2.24) is 14.5 Å². The average molecular weight is 434 g/mol. The SMILES string of the molecule is CCC(c1nc2ccccc2c(=O)n1-c1ccc(C)c(C)c1)N(CC)C(=O)CC(C)(C)C. The summed E-state index contributed by atoms with van der Waals surface area (Å²) in [6.07, 6.45) is 1.11. The lowest BCUT2D eigenvalue weighted by atomic mass is 9.91. The van der Waals surface area contributed by atoms with E-state index in [-0.39, 0.29) is 22.9 Å². The largest absolute Gasteiger partial charge is 0.333 e. The molecule has 0 aliphatic rings. The molecule has 1 atom stereocenters. The monoisotopic (exact) mass is 433 g/mol. The minimum absolute atomic E-state index is 0.0842. The number of rotatable bonds is 6. The summed E-state index contributed by atoms with van der Waals surface area (Å²) in [6.45, 7) is 14.9. The topological polar surface area (TPSA) is 55.2 Å². The molecule has 0 spiro atoms. The zero-order valence-corrected chi connectivity index (χ0v) is 20.4. The highest BCUT2D eigenvalue weighted by atomic mass is 16.2. The third kappa shape index (κ3) is 4.77. The number of aryl methyl sites for hydroxylation is 2. The fourth-order valence-corrected chi connectivity index (χ4v) is 4.16. The molecular weight excluding hydrogens is 398 g/mol. The summed E-state index contributed by atoms with van der Waals surface area (Å²) >= 11 is 0. The molecule has 1 aromatic heterocycles. The third-order valence-electron chi connectivity index (χ3n) is 5.95. The van der Waals surface area contributed by atoms with E-state index in [4.69, 9.17) is 4.98 Å². The summed E-state index contributed by atoms with van der Waals surface area (Å²) in [4.78, 5) is 33.8. The number of fused-ring (bicyclic) bond motifs is 1. The predicted octanol–water partition coefficient (Wildman–Crippen LogP) is 5.74. The van der Waals surface area contributed by atoms with E-state index < -0.39 is 0 Å². The van der Waals surface area contributed by atoms with Crippen LogP contribution in [0.3, 0.4) is 0 Å². The van der Waals surface area contributed by atoms with Gasteiger partial charge in [-0.1, -0.05) is 45.9 Å². The van der Waals surface area contributed by atoms with Crippen molar-refractivity contribution < 1.29 is 4.79 Å². The van der Waals surface area contributed by atoms with E-state index >= 15 is 0 Å². The van der Waals surface area contributed by atoms with Crippen LogP contribution in [0.25, 0.3) is 16.6 Å². The Morgan fingerprint density at radius 2 is 1.75 bits per heavy atom. The second kappa shape index (κ2) is 9.27. The second-order valence-corrected chi connectivity index (χ2v) is 9.74. The number of hydrogen-bond acceptors (Lipinski definition) is 3. The molecule has 0 radical (unpaired) electrons. The van der Waals surface area contributed by atoms with Gasteiger partial charge in [-0.2, -0.15) is 0 Å². The minimum atomic E-state index is -0.297. The van der Waals surface area contributed by atoms with Crippen LogP contribution in [0.15, 0.2) is 47.3 Å². The molecule has 0 aliphatic heterocycles. The van der Waals surface area contributed by atoms with E-state index in [0.717, 1.165) is 11.3 Å². The van der Waals surface area contributed by atoms with Crippen LogP contribution in [0.5, 0.6) is 0 Å². The molecule has 1 amide bonds. The van der Waals surface area contributed by atoms with Crippen LogP contribution in [-0.2, 0) is 4.79 Å². The maximum absolute atomic E-state index is 13.7. The predicted molar refractivity (Wildman–Crippen MR) is 131 cm³/mol. The van der Waals surface area contributed by atoms with Crippen molar-refractivity contribution in [3.8, 4) is 5.69 Å². The molecule has 32 heavy (non-hydrogen) atoms. The van der Waals surface area contributed by atoms with Crippen molar-refractivity contribution in [3.05, 3.63) is 69.8 Å². The molecule has 2 aromatic carbocycles. The lowest BCUT2D eigenvalue weighted by molar-refractivity contribution is -0.135. The van der Waals surface area contributed by atoms with Crippen molar-refractivity contribution in [2.24, 2.45) is 5.41 Å². The number of carbonyl (C=O) groups excluding carboxylic acids is 1. The molecule has 0 aliphatic carbocycles. The summed E-state index contributed by atoms with van der Waals surface area (Å²) in [5.41, 5.74) is 3.49. The van der Waals surface area contributed by atoms with Gasteiger partial charge >= 0.3 is 0 Å². The summed E-state index contributed by atoms with van der Waals surface area (Å²) < 4.78 is 1.70. The summed E-state index contributed by atoms with van der Waals surface area (Å²) in [7, 11) is 0. The second-order valence-electron chi connectivity index (χ2n) is 9.74. The first kappa shape index (κ1) is 23.7. The molecular formula is C27H35N3O2. The van der Waals surface area contributed by atoms with Crippen LogP contribution >= 0.6 is 0 Å². The molecule has 5 nitrogen and oxygen atoms in total. The normalized spacial score (nSPS) is 12.7. The maximum Gasteiger partial charge on any atom is 0.266 e. The van der Waals surface area contributed by atoms with Gasteiger partial charge in [-0.15, -0.1) is 0 Å². The molecule has 5 heteroatoms. The van der Waals surface area contributed by atoms with Gasteiger partial charge in [-0.05, 0) is 68.0 Å². The number of amides is 1. The van der Waals surface area contributed by atoms with Crippen molar-refractivity contribution >= 4 is 16.8 Å². The molecule has 1 heterocycles. The summed E-state index contributed by atoms with van der Waals surface area (Å²) in [6, 6.07) is 13.1. The molecule has 3 aromatic rings. The van der Waals surface area contributed by atoms with Gasteiger partial charge in [0, 0.05) is 13.0 Å². The Bertz CT molecular complexity index is 1190. The highest BCUT2D eigenvalue weighted by Crippen LogP contribution is 2.29. The van der Waals surface area contributed by atoms with Gasteiger partial charge in [0.05, 0.1) is 22.6 Å². The van der Waals surface area contributed by atoms with Crippen LogP contribution < -0.4 is 5.56 Å². The maximum atomic E-state index is 13.7. The minimum Gasteiger partial charge on any atom is -0.333 e. The van der Waals surface area contributed by atoms with Crippen LogP contribution in [0.1, 0.15) is 70.5 Å². The van der Waals surface area contributed by atoms with Gasteiger partial charge in [-0.25, -0.2) is 4.98 Å². The number of carbonyl (C=O) groups is 1. The first-order valence-corrected chi connectivity index (χ1v) is 11.5. The molecule has 3 rings (SSSR count). The standard InChI is InChI=1S/C27H35N3O2/c1-8-23(29(9-2)24(31)17-27(5,6)7)25-28-22-13-11-10-12-21(22)26(32)30(25)20-15-14-18(3)19(4)16-20/h10-16,23H,8-9,17H2,1-7H3. The van der Waals surface area contributed by atoms with Crippen LogP contribution in [-0.4, -0.2) is 26.9 Å². The molecule has 0 saturated heterocycles. The van der Waals surface area contributed by atoms with Crippen LogP contribution in [0.4, 0.5) is 0 Å². The van der Waals surface area contributed by atoms with Crippen molar-refractivity contribution in [2.45, 2.75) is 67.3 Å². The fraction of sp³-hybridized carbons (Fsp3) is 0.444. The van der Waals surface area contributed by atoms with Crippen LogP contribution in [0, 0.1) is 19.3 Å². The van der Waals surface area contributed by atoms with E-state index in [2.05, 4.69) is 27.7 Å². The number of hydrogen-bond donors (Lipinski definition) is 0. The van der Waals surface area contributed by atoms with E-state index in [1.54, 1.807) is 4.57 Å². The van der Waals surface area contributed by atoms with E-state index in [1.807, 2.05) is 68.1 Å². The molecule has 0 saturated carbocycles. The lowest BCUT2D eigenvalue weighted by Gasteiger charge is -2.33. The Labute approximate surface area is 191 Å². The molecule has 0 fully saturated rings. The zero-order valence-electron chi connectivity index (χ0n) is 20.4. The van der Waals surface area contributed by atoms with Crippen molar-refractivity contribution in [2.75, 3.05) is 6.54 Å². The Kier molecular flexibility index (Phi) is 6.87. The Hall–Kier alpha value is -2.95. The Morgan fingerprint density at radius 1 is 1.06 bits per heavy atom. The van der Waals surface area contributed by atoms with E-state index in [0.29, 0.717) is 36.1 Å². The number of benzene rings is 2. The van der Waals surface area contributed by atoms with E-state index in [1.165, 1.54) is 5.56 Å². The first-order chi connectivity index (χ1) is 15.1. The van der Waals surface area contributed by atoms with Crippen LogP contribution in [0.2, 0.25) is 0 Å². The smallest absolute Gasteiger partial charge is 0.266 e. The summed E-state index contributed by atoms with van der Waals surface area (Å²) in [5.74, 6) is 0.699. The Balaban J connectivity index is 2.28. The quantitative estimate of drug-likeness (QED) is 0.498. The Morgan fingerprint density at radius 3 is 2.34 bits per heavy atom. The third-order valence-corrected chi connectivity index (χ3v) is 5.95. The fourth-order valence-electron chi connectivity index (χ4n) is 4.16. The highest BCUT2D eigenvalue weighted by Gasteiger charge is 2.30. The number of para-hydroxylation sites is 1. The van der Waals surface area contributed by atoms with Gasteiger partial charge in [0.15, 0.2) is 0 Å².